The van der Waals surface area contributed by atoms with Gasteiger partial charge in [-0.15, -0.1) is 0 Å². The molecule has 1 unspecified atom stereocenters. The molecule has 19 heavy (non-hydrogen) atoms. The van der Waals surface area contributed by atoms with Crippen LogP contribution in [0, 0.1) is 5.41 Å². The van der Waals surface area contributed by atoms with Gasteiger partial charge in [0, 0.05) is 37.6 Å². The second kappa shape index (κ2) is 5.26. The maximum atomic E-state index is 2.69. The van der Waals surface area contributed by atoms with Gasteiger partial charge >= 0.3 is 0 Å². The molecule has 104 valence electrons. The SMILES string of the molecule is CCC(C)N1CCC2(CN(Cc3ccccc3)C2)C1. The zero-order valence-corrected chi connectivity index (χ0v) is 12.3. The number of rotatable bonds is 4. The van der Waals surface area contributed by atoms with Crippen molar-refractivity contribution in [2.45, 2.75) is 39.3 Å². The lowest BCUT2D eigenvalue weighted by atomic mass is 9.79. The van der Waals surface area contributed by atoms with Crippen LogP contribution >= 0.6 is 0 Å². The highest BCUT2D eigenvalue weighted by molar-refractivity contribution is 5.15. The van der Waals surface area contributed by atoms with E-state index in [1.807, 2.05) is 0 Å². The summed E-state index contributed by atoms with van der Waals surface area (Å²) in [6.45, 7) is 11.1. The number of nitrogens with zero attached hydrogens (tertiary/aromatic N) is 2. The lowest BCUT2D eigenvalue weighted by Crippen LogP contribution is -2.57. The van der Waals surface area contributed by atoms with Gasteiger partial charge in [0.2, 0.25) is 0 Å². The van der Waals surface area contributed by atoms with Crippen LogP contribution < -0.4 is 0 Å². The normalized spacial score (nSPS) is 24.5. The summed E-state index contributed by atoms with van der Waals surface area (Å²) < 4.78 is 0. The van der Waals surface area contributed by atoms with E-state index in [0.717, 1.165) is 12.6 Å². The van der Waals surface area contributed by atoms with Crippen LogP contribution in [0.15, 0.2) is 30.3 Å². The Hall–Kier alpha value is -0.860. The standard InChI is InChI=1S/C17H26N2/c1-3-15(2)19-10-9-17(14-19)12-18(13-17)11-16-7-5-4-6-8-16/h4-8,15H,3,9-14H2,1-2H3. The molecule has 0 aromatic heterocycles. The van der Waals surface area contributed by atoms with Gasteiger partial charge in [-0.3, -0.25) is 9.80 Å². The molecule has 0 saturated carbocycles. The van der Waals surface area contributed by atoms with E-state index in [4.69, 9.17) is 0 Å². The fraction of sp³-hybridized carbons (Fsp3) is 0.647. The summed E-state index contributed by atoms with van der Waals surface area (Å²) in [5.41, 5.74) is 2.08. The van der Waals surface area contributed by atoms with Gasteiger partial charge in [0.1, 0.15) is 0 Å². The minimum atomic E-state index is 0.623. The summed E-state index contributed by atoms with van der Waals surface area (Å²) >= 11 is 0. The van der Waals surface area contributed by atoms with E-state index in [9.17, 15) is 0 Å². The van der Waals surface area contributed by atoms with E-state index in [-0.39, 0.29) is 0 Å². The van der Waals surface area contributed by atoms with E-state index in [0.29, 0.717) is 5.41 Å². The molecular formula is C17H26N2. The Labute approximate surface area is 117 Å². The molecule has 1 spiro atoms. The third kappa shape index (κ3) is 2.70. The molecule has 0 radical (unpaired) electrons. The molecule has 1 atom stereocenters. The van der Waals surface area contributed by atoms with E-state index in [1.165, 1.54) is 44.6 Å². The summed E-state index contributed by atoms with van der Waals surface area (Å²) in [6.07, 6.45) is 2.69. The summed E-state index contributed by atoms with van der Waals surface area (Å²) in [4.78, 5) is 5.30. The van der Waals surface area contributed by atoms with Crippen LogP contribution in [0.3, 0.4) is 0 Å². The smallest absolute Gasteiger partial charge is 0.0234 e. The first kappa shape index (κ1) is 13.1. The van der Waals surface area contributed by atoms with Crippen LogP contribution in [0.25, 0.3) is 0 Å². The van der Waals surface area contributed by atoms with Crippen molar-refractivity contribution < 1.29 is 0 Å². The summed E-state index contributed by atoms with van der Waals surface area (Å²) in [6, 6.07) is 11.6. The Morgan fingerprint density at radius 1 is 1.16 bits per heavy atom. The molecule has 2 heteroatoms. The Kier molecular flexibility index (Phi) is 3.64. The molecule has 2 nitrogen and oxygen atoms in total. The number of hydrogen-bond acceptors (Lipinski definition) is 2. The van der Waals surface area contributed by atoms with Gasteiger partial charge < -0.3 is 0 Å². The molecule has 0 bridgehead atoms. The Morgan fingerprint density at radius 2 is 1.89 bits per heavy atom. The molecule has 0 amide bonds. The fourth-order valence-corrected chi connectivity index (χ4v) is 3.72. The van der Waals surface area contributed by atoms with Crippen LogP contribution in [0.2, 0.25) is 0 Å². The average molecular weight is 258 g/mol. The first-order chi connectivity index (χ1) is 9.21. The van der Waals surface area contributed by atoms with Crippen molar-refractivity contribution >= 4 is 0 Å². The number of likely N-dealkylation sites (tertiary alicyclic amines) is 2. The van der Waals surface area contributed by atoms with Gasteiger partial charge in [-0.25, -0.2) is 0 Å². The summed E-state index contributed by atoms with van der Waals surface area (Å²) in [5.74, 6) is 0. The van der Waals surface area contributed by atoms with Gasteiger partial charge in [0.15, 0.2) is 0 Å². The second-order valence-corrected chi connectivity index (χ2v) is 6.61. The average Bonchev–Trinajstić information content (AvgIpc) is 2.84. The molecule has 0 aliphatic carbocycles. The molecule has 2 heterocycles. The van der Waals surface area contributed by atoms with Crippen molar-refractivity contribution in [3.63, 3.8) is 0 Å². The van der Waals surface area contributed by atoms with Crippen molar-refractivity contribution in [2.24, 2.45) is 5.41 Å². The van der Waals surface area contributed by atoms with Crippen molar-refractivity contribution in [1.82, 2.24) is 9.80 Å². The van der Waals surface area contributed by atoms with E-state index < -0.39 is 0 Å². The highest BCUT2D eigenvalue weighted by Gasteiger charge is 2.47. The predicted molar refractivity (Wildman–Crippen MR) is 80.1 cm³/mol. The molecule has 2 saturated heterocycles. The van der Waals surface area contributed by atoms with Gasteiger partial charge in [0.25, 0.3) is 0 Å². The highest BCUT2D eigenvalue weighted by atomic mass is 15.3. The molecule has 0 N–H and O–H groups in total. The topological polar surface area (TPSA) is 6.48 Å². The first-order valence-electron chi connectivity index (χ1n) is 7.71. The fourth-order valence-electron chi connectivity index (χ4n) is 3.72. The molecule has 2 aliphatic rings. The summed E-state index contributed by atoms with van der Waals surface area (Å²) in [5, 5.41) is 0. The third-order valence-corrected chi connectivity index (χ3v) is 5.05. The Balaban J connectivity index is 1.50. The van der Waals surface area contributed by atoms with E-state index in [2.05, 4.69) is 54.0 Å². The molecule has 1 aromatic rings. The van der Waals surface area contributed by atoms with Crippen LogP contribution in [0.1, 0.15) is 32.3 Å². The molecule has 2 fully saturated rings. The number of hydrogen-bond donors (Lipinski definition) is 0. The maximum absolute atomic E-state index is 2.69. The molecule has 2 aliphatic heterocycles. The Bertz CT molecular complexity index is 409. The summed E-state index contributed by atoms with van der Waals surface area (Å²) in [7, 11) is 0. The largest absolute Gasteiger partial charge is 0.300 e. The van der Waals surface area contributed by atoms with Gasteiger partial charge in [-0.05, 0) is 31.9 Å². The minimum absolute atomic E-state index is 0.623. The lowest BCUT2D eigenvalue weighted by molar-refractivity contribution is -0.000606. The van der Waals surface area contributed by atoms with E-state index >= 15 is 0 Å². The third-order valence-electron chi connectivity index (χ3n) is 5.05. The molecule has 3 rings (SSSR count). The van der Waals surface area contributed by atoms with Crippen LogP contribution in [0.5, 0.6) is 0 Å². The first-order valence-corrected chi connectivity index (χ1v) is 7.71. The van der Waals surface area contributed by atoms with E-state index in [1.54, 1.807) is 0 Å². The Morgan fingerprint density at radius 3 is 2.58 bits per heavy atom. The maximum Gasteiger partial charge on any atom is 0.0234 e. The number of benzene rings is 1. The zero-order valence-electron chi connectivity index (χ0n) is 12.3. The van der Waals surface area contributed by atoms with Gasteiger partial charge in [-0.2, -0.15) is 0 Å². The van der Waals surface area contributed by atoms with Crippen LogP contribution in [-0.4, -0.2) is 42.0 Å². The second-order valence-electron chi connectivity index (χ2n) is 6.61. The monoisotopic (exact) mass is 258 g/mol. The van der Waals surface area contributed by atoms with Gasteiger partial charge in [0.05, 0.1) is 0 Å². The quantitative estimate of drug-likeness (QED) is 0.819. The van der Waals surface area contributed by atoms with Crippen molar-refractivity contribution in [3.8, 4) is 0 Å². The highest BCUT2D eigenvalue weighted by Crippen LogP contribution is 2.40. The lowest BCUT2D eigenvalue weighted by Gasteiger charge is -2.48. The van der Waals surface area contributed by atoms with Crippen molar-refractivity contribution in [3.05, 3.63) is 35.9 Å². The molecular weight excluding hydrogens is 232 g/mol. The minimum Gasteiger partial charge on any atom is -0.300 e. The van der Waals surface area contributed by atoms with Crippen LogP contribution in [0.4, 0.5) is 0 Å². The van der Waals surface area contributed by atoms with Crippen molar-refractivity contribution in [1.29, 1.82) is 0 Å². The zero-order chi connectivity index (χ0) is 13.3. The molecule has 1 aromatic carbocycles. The van der Waals surface area contributed by atoms with Crippen molar-refractivity contribution in [2.75, 3.05) is 26.2 Å². The predicted octanol–water partition coefficient (Wildman–Crippen LogP) is 2.99. The van der Waals surface area contributed by atoms with Crippen LogP contribution in [-0.2, 0) is 6.54 Å². The van der Waals surface area contributed by atoms with Gasteiger partial charge in [-0.1, -0.05) is 37.3 Å².